The lowest BCUT2D eigenvalue weighted by molar-refractivity contribution is 0.197. The Bertz CT molecular complexity index is 1060. The van der Waals surface area contributed by atoms with Gasteiger partial charge in [-0.2, -0.15) is 5.10 Å². The molecule has 0 aliphatic rings. The Morgan fingerprint density at radius 3 is 2.62 bits per heavy atom. The first kappa shape index (κ1) is 19.1. The molecular formula is C23H24N4O2. The van der Waals surface area contributed by atoms with Gasteiger partial charge in [0.25, 0.3) is 0 Å². The number of H-pyrrole nitrogens is 1. The summed E-state index contributed by atoms with van der Waals surface area (Å²) in [4.78, 5) is 6.61. The summed E-state index contributed by atoms with van der Waals surface area (Å²) in [5, 5.41) is 18.3. The fraction of sp³-hybridized carbons (Fsp3) is 0.217. The molecule has 0 amide bonds. The SMILES string of the molecule is CCN(CCO)Cc1ccc2cc(Oc3ccc(-c4ccn[nH]4)cn3)ccc2c1. The lowest BCUT2D eigenvalue weighted by Crippen LogP contribution is -2.26. The second-order valence-electron chi connectivity index (χ2n) is 6.89. The fourth-order valence-corrected chi connectivity index (χ4v) is 3.32. The van der Waals surface area contributed by atoms with E-state index in [9.17, 15) is 0 Å². The quantitative estimate of drug-likeness (QED) is 0.472. The molecule has 0 fully saturated rings. The summed E-state index contributed by atoms with van der Waals surface area (Å²) < 4.78 is 5.93. The number of hydrogen-bond acceptors (Lipinski definition) is 5. The minimum absolute atomic E-state index is 0.180. The summed E-state index contributed by atoms with van der Waals surface area (Å²) in [7, 11) is 0. The zero-order chi connectivity index (χ0) is 20.1. The number of ether oxygens (including phenoxy) is 1. The van der Waals surface area contributed by atoms with Crippen molar-refractivity contribution < 1.29 is 9.84 Å². The average molecular weight is 388 g/mol. The number of benzene rings is 2. The predicted octanol–water partition coefficient (Wildman–Crippen LogP) is 4.23. The second-order valence-corrected chi connectivity index (χ2v) is 6.89. The molecule has 2 heterocycles. The van der Waals surface area contributed by atoms with Crippen LogP contribution in [0.15, 0.2) is 67.0 Å². The Morgan fingerprint density at radius 1 is 1.03 bits per heavy atom. The number of nitrogens with zero attached hydrogens (tertiary/aromatic N) is 3. The van der Waals surface area contributed by atoms with E-state index in [1.807, 2.05) is 30.3 Å². The zero-order valence-corrected chi connectivity index (χ0v) is 16.4. The number of pyridine rings is 1. The highest BCUT2D eigenvalue weighted by atomic mass is 16.5. The number of rotatable bonds is 8. The third-order valence-corrected chi connectivity index (χ3v) is 4.92. The van der Waals surface area contributed by atoms with Crippen molar-refractivity contribution in [2.24, 2.45) is 0 Å². The maximum absolute atomic E-state index is 9.17. The molecule has 2 N–H and O–H groups in total. The number of nitrogens with one attached hydrogen (secondary N) is 1. The normalized spacial score (nSPS) is 11.3. The molecule has 0 spiro atoms. The smallest absolute Gasteiger partial charge is 0.219 e. The molecule has 0 unspecified atom stereocenters. The van der Waals surface area contributed by atoms with Gasteiger partial charge in [0.15, 0.2) is 0 Å². The van der Waals surface area contributed by atoms with E-state index in [4.69, 9.17) is 9.84 Å². The molecule has 0 atom stereocenters. The third-order valence-electron chi connectivity index (χ3n) is 4.92. The molecule has 2 aromatic carbocycles. The molecule has 0 aliphatic carbocycles. The first-order chi connectivity index (χ1) is 14.2. The van der Waals surface area contributed by atoms with Crippen molar-refractivity contribution in [3.05, 3.63) is 72.6 Å². The van der Waals surface area contributed by atoms with Crippen molar-refractivity contribution in [3.63, 3.8) is 0 Å². The minimum Gasteiger partial charge on any atom is -0.439 e. The maximum Gasteiger partial charge on any atom is 0.219 e. The molecule has 0 saturated heterocycles. The summed E-state index contributed by atoms with van der Waals surface area (Å²) in [6.45, 7) is 4.72. The molecule has 6 nitrogen and oxygen atoms in total. The van der Waals surface area contributed by atoms with Gasteiger partial charge in [0.2, 0.25) is 5.88 Å². The number of aliphatic hydroxyl groups excluding tert-OH is 1. The number of fused-ring (bicyclic) bond motifs is 1. The Labute approximate surface area is 169 Å². The van der Waals surface area contributed by atoms with Gasteiger partial charge in [-0.15, -0.1) is 0 Å². The van der Waals surface area contributed by atoms with Crippen molar-refractivity contribution in [3.8, 4) is 22.9 Å². The molecular weight excluding hydrogens is 364 g/mol. The van der Waals surface area contributed by atoms with Crippen molar-refractivity contribution in [2.75, 3.05) is 19.7 Å². The summed E-state index contributed by atoms with van der Waals surface area (Å²) in [6.07, 6.45) is 3.48. The van der Waals surface area contributed by atoms with E-state index in [1.54, 1.807) is 12.4 Å². The van der Waals surface area contributed by atoms with E-state index >= 15 is 0 Å². The highest BCUT2D eigenvalue weighted by Gasteiger charge is 2.06. The Hall–Kier alpha value is -3.22. The molecule has 0 radical (unpaired) electrons. The molecule has 0 aliphatic heterocycles. The summed E-state index contributed by atoms with van der Waals surface area (Å²) in [6, 6.07) is 18.2. The molecule has 148 valence electrons. The van der Waals surface area contributed by atoms with Crippen LogP contribution in [0.4, 0.5) is 0 Å². The van der Waals surface area contributed by atoms with Gasteiger partial charge in [-0.25, -0.2) is 4.98 Å². The van der Waals surface area contributed by atoms with Gasteiger partial charge >= 0.3 is 0 Å². The van der Waals surface area contributed by atoms with Crippen molar-refractivity contribution in [1.29, 1.82) is 0 Å². The Morgan fingerprint density at radius 2 is 1.90 bits per heavy atom. The second kappa shape index (κ2) is 8.86. The van der Waals surface area contributed by atoms with Gasteiger partial charge < -0.3 is 9.84 Å². The summed E-state index contributed by atoms with van der Waals surface area (Å²) in [5.41, 5.74) is 3.12. The Kier molecular flexibility index (Phi) is 5.84. The molecule has 6 heteroatoms. The molecule has 29 heavy (non-hydrogen) atoms. The fourth-order valence-electron chi connectivity index (χ4n) is 3.32. The van der Waals surface area contributed by atoms with Gasteiger partial charge in [-0.05, 0) is 53.2 Å². The highest BCUT2D eigenvalue weighted by molar-refractivity contribution is 5.84. The van der Waals surface area contributed by atoms with E-state index in [0.29, 0.717) is 12.4 Å². The van der Waals surface area contributed by atoms with E-state index in [-0.39, 0.29) is 6.61 Å². The minimum atomic E-state index is 0.180. The van der Waals surface area contributed by atoms with Crippen molar-refractivity contribution in [2.45, 2.75) is 13.5 Å². The van der Waals surface area contributed by atoms with Crippen LogP contribution in [0.5, 0.6) is 11.6 Å². The molecule has 4 aromatic rings. The van der Waals surface area contributed by atoms with Crippen molar-refractivity contribution >= 4 is 10.8 Å². The van der Waals surface area contributed by atoms with Crippen LogP contribution >= 0.6 is 0 Å². The van der Waals surface area contributed by atoms with E-state index in [1.165, 1.54) is 5.56 Å². The largest absolute Gasteiger partial charge is 0.439 e. The van der Waals surface area contributed by atoms with Gasteiger partial charge in [-0.3, -0.25) is 10.00 Å². The molecule has 0 saturated carbocycles. The van der Waals surface area contributed by atoms with Gasteiger partial charge in [0.1, 0.15) is 5.75 Å². The monoisotopic (exact) mass is 388 g/mol. The lowest BCUT2D eigenvalue weighted by Gasteiger charge is -2.19. The number of aromatic amines is 1. The van der Waals surface area contributed by atoms with Crippen LogP contribution in [0.25, 0.3) is 22.0 Å². The maximum atomic E-state index is 9.17. The Balaban J connectivity index is 1.48. The van der Waals surface area contributed by atoms with E-state index < -0.39 is 0 Å². The molecule has 2 aromatic heterocycles. The first-order valence-corrected chi connectivity index (χ1v) is 9.74. The standard InChI is InChI=1S/C23H24N4O2/c1-2-27(11-12-28)16-17-3-4-19-14-21(7-5-18(19)13-17)29-23-8-6-20(15-24-23)22-9-10-25-26-22/h3-10,13-15,28H,2,11-12,16H2,1H3,(H,25,26). The van der Waals surface area contributed by atoms with Crippen LogP contribution < -0.4 is 4.74 Å². The van der Waals surface area contributed by atoms with Crippen LogP contribution in [-0.2, 0) is 6.54 Å². The summed E-state index contributed by atoms with van der Waals surface area (Å²) >= 11 is 0. The van der Waals surface area contributed by atoms with Gasteiger partial charge in [0.05, 0.1) is 12.3 Å². The zero-order valence-electron chi connectivity index (χ0n) is 16.4. The van der Waals surface area contributed by atoms with Crippen LogP contribution in [0.1, 0.15) is 12.5 Å². The summed E-state index contributed by atoms with van der Waals surface area (Å²) in [5.74, 6) is 1.30. The number of aliphatic hydroxyl groups is 1. The lowest BCUT2D eigenvalue weighted by atomic mass is 10.1. The predicted molar refractivity (Wildman–Crippen MR) is 114 cm³/mol. The molecule has 4 rings (SSSR count). The van der Waals surface area contributed by atoms with Crippen molar-refractivity contribution in [1.82, 2.24) is 20.1 Å². The molecule has 0 bridgehead atoms. The van der Waals surface area contributed by atoms with Crippen LogP contribution in [0.3, 0.4) is 0 Å². The van der Waals surface area contributed by atoms with E-state index in [2.05, 4.69) is 51.3 Å². The first-order valence-electron chi connectivity index (χ1n) is 9.74. The highest BCUT2D eigenvalue weighted by Crippen LogP contribution is 2.27. The number of aromatic nitrogens is 3. The third kappa shape index (κ3) is 4.62. The van der Waals surface area contributed by atoms with E-state index in [0.717, 1.165) is 40.9 Å². The van der Waals surface area contributed by atoms with Gasteiger partial charge in [-0.1, -0.05) is 25.1 Å². The van der Waals surface area contributed by atoms with Crippen LogP contribution in [-0.4, -0.2) is 44.9 Å². The topological polar surface area (TPSA) is 74.3 Å². The average Bonchev–Trinajstić information content (AvgIpc) is 3.29. The number of likely N-dealkylation sites (N-methyl/N-ethyl adjacent to an activating group) is 1. The van der Waals surface area contributed by atoms with Crippen LogP contribution in [0, 0.1) is 0 Å². The number of hydrogen-bond donors (Lipinski definition) is 2. The van der Waals surface area contributed by atoms with Crippen LogP contribution in [0.2, 0.25) is 0 Å². The van der Waals surface area contributed by atoms with Gasteiger partial charge in [0, 0.05) is 37.1 Å².